The molecule has 0 aromatic carbocycles. The Labute approximate surface area is 83.4 Å². The van der Waals surface area contributed by atoms with E-state index in [0.29, 0.717) is 0 Å². The van der Waals surface area contributed by atoms with Crippen LogP contribution in [0, 0.1) is 16.2 Å². The summed E-state index contributed by atoms with van der Waals surface area (Å²) in [6.45, 7) is 15.0. The average Bonchev–Trinajstić information content (AvgIpc) is 1.98. The number of hydrogen-bond acceptors (Lipinski definition) is 1. The van der Waals surface area contributed by atoms with Crippen LogP contribution in [0.5, 0.6) is 0 Å². The van der Waals surface area contributed by atoms with Crippen LogP contribution in [0.1, 0.15) is 34.6 Å². The average molecular weight is 178 g/mol. The molecule has 0 unspecified atom stereocenters. The molecule has 13 heavy (non-hydrogen) atoms. The number of allylic oxidation sites excluding steroid dienone is 1. The molecule has 0 amide bonds. The third-order valence-electron chi connectivity index (χ3n) is 3.09. The Morgan fingerprint density at radius 2 is 1.77 bits per heavy atom. The van der Waals surface area contributed by atoms with Crippen molar-refractivity contribution >= 4 is 13.5 Å². The zero-order valence-electron chi connectivity index (χ0n) is 9.57. The Hall–Kier alpha value is -0.525. The second kappa shape index (κ2) is 4.12. The van der Waals surface area contributed by atoms with Crippen molar-refractivity contribution in [3.05, 3.63) is 12.1 Å². The largest absolute Gasteiger partial charge is 0.309 e. The Balaban J connectivity index is 4.19. The van der Waals surface area contributed by atoms with Gasteiger partial charge in [0.05, 0.1) is 0 Å². The molecule has 0 aromatic heterocycles. The Morgan fingerprint density at radius 3 is 2.08 bits per heavy atom. The fraction of sp³-hybridized carbons (Fsp3) is 0.727. The van der Waals surface area contributed by atoms with Gasteiger partial charge in [0.1, 0.15) is 0 Å². The number of rotatable bonds is 4. The van der Waals surface area contributed by atoms with E-state index in [0.717, 1.165) is 11.8 Å². The molecular formula is C11H21BN. The van der Waals surface area contributed by atoms with Gasteiger partial charge in [0, 0.05) is 6.21 Å². The van der Waals surface area contributed by atoms with Gasteiger partial charge in [-0.2, -0.15) is 0 Å². The minimum absolute atomic E-state index is 0.249. The lowest BCUT2D eigenvalue weighted by atomic mass is 9.53. The fourth-order valence-corrected chi connectivity index (χ4v) is 0.751. The summed E-state index contributed by atoms with van der Waals surface area (Å²) in [7, 11) is 2.04. The van der Waals surface area contributed by atoms with Gasteiger partial charge in [0.25, 0.3) is 0 Å². The minimum atomic E-state index is 0.249. The summed E-state index contributed by atoms with van der Waals surface area (Å²) in [5.41, 5.74) is 1.34. The topological polar surface area (TPSA) is 23.9 Å². The van der Waals surface area contributed by atoms with Crippen molar-refractivity contribution in [2.45, 2.75) is 40.9 Å². The van der Waals surface area contributed by atoms with E-state index in [9.17, 15) is 0 Å². The molecule has 0 heterocycles. The zero-order valence-corrected chi connectivity index (χ0v) is 9.57. The van der Waals surface area contributed by atoms with Gasteiger partial charge in [-0.3, -0.25) is 0 Å². The molecule has 0 saturated heterocycles. The molecule has 0 aliphatic carbocycles. The molecule has 0 aliphatic heterocycles. The summed E-state index contributed by atoms with van der Waals surface area (Å²) < 4.78 is 0. The van der Waals surface area contributed by atoms with E-state index in [-0.39, 0.29) is 10.8 Å². The Morgan fingerprint density at radius 1 is 1.31 bits per heavy atom. The molecule has 1 radical (unpaired) electrons. The second-order valence-corrected chi connectivity index (χ2v) is 5.26. The highest BCUT2D eigenvalue weighted by Crippen LogP contribution is 2.41. The molecule has 2 heteroatoms. The summed E-state index contributed by atoms with van der Waals surface area (Å²) in [6.07, 6.45) is 2.28. The fourth-order valence-electron chi connectivity index (χ4n) is 0.751. The van der Waals surface area contributed by atoms with Crippen LogP contribution in [0.3, 0.4) is 0 Å². The molecule has 1 N–H and O–H groups in total. The number of hydrogen-bond donors (Lipinski definition) is 1. The molecule has 0 aliphatic rings. The first-order chi connectivity index (χ1) is 5.70. The predicted molar refractivity (Wildman–Crippen MR) is 61.7 cm³/mol. The van der Waals surface area contributed by atoms with Gasteiger partial charge in [-0.15, -0.1) is 6.58 Å². The standard InChI is InChI=1S/C11H21BN/c1-9(7-13)12-8-11(5,6)10(2,3)4/h7,13H,1,8H2,2-6H3. The maximum Gasteiger partial charge on any atom is 0.153 e. The first-order valence-electron chi connectivity index (χ1n) is 4.73. The first kappa shape index (κ1) is 12.5. The Kier molecular flexibility index (Phi) is 3.96. The number of nitrogens with one attached hydrogen (secondary N) is 1. The third kappa shape index (κ3) is 3.80. The van der Waals surface area contributed by atoms with Crippen LogP contribution in [-0.2, 0) is 0 Å². The summed E-state index contributed by atoms with van der Waals surface area (Å²) in [4.78, 5) is 0. The van der Waals surface area contributed by atoms with E-state index in [1.165, 1.54) is 6.21 Å². The zero-order chi connectivity index (χ0) is 10.7. The van der Waals surface area contributed by atoms with E-state index in [4.69, 9.17) is 5.41 Å². The summed E-state index contributed by atoms with van der Waals surface area (Å²) in [5.74, 6) is 0. The maximum absolute atomic E-state index is 7.02. The normalized spacial score (nSPS) is 12.4. The highest BCUT2D eigenvalue weighted by Gasteiger charge is 2.31. The van der Waals surface area contributed by atoms with Crippen LogP contribution in [0.2, 0.25) is 6.32 Å². The van der Waals surface area contributed by atoms with Crippen LogP contribution in [0.4, 0.5) is 0 Å². The Bertz CT molecular complexity index is 199. The summed E-state index contributed by atoms with van der Waals surface area (Å²) >= 11 is 0. The molecule has 0 atom stereocenters. The molecule has 0 fully saturated rings. The quantitative estimate of drug-likeness (QED) is 0.504. The monoisotopic (exact) mass is 178 g/mol. The lowest BCUT2D eigenvalue weighted by Gasteiger charge is -2.39. The van der Waals surface area contributed by atoms with E-state index in [1.807, 2.05) is 7.28 Å². The maximum atomic E-state index is 7.02. The van der Waals surface area contributed by atoms with Gasteiger partial charge in [0.15, 0.2) is 7.28 Å². The smallest absolute Gasteiger partial charge is 0.153 e. The SMILES string of the molecule is C=C([B]CC(C)(C)C(C)(C)C)C=N. The molecule has 73 valence electrons. The van der Waals surface area contributed by atoms with Crippen molar-refractivity contribution in [3.8, 4) is 0 Å². The van der Waals surface area contributed by atoms with Crippen molar-refractivity contribution in [1.29, 1.82) is 5.41 Å². The van der Waals surface area contributed by atoms with Gasteiger partial charge >= 0.3 is 0 Å². The van der Waals surface area contributed by atoms with Crippen molar-refractivity contribution in [2.24, 2.45) is 10.8 Å². The first-order valence-corrected chi connectivity index (χ1v) is 4.73. The van der Waals surface area contributed by atoms with Gasteiger partial charge in [-0.05, 0) is 10.8 Å². The lowest BCUT2D eigenvalue weighted by molar-refractivity contribution is 0.157. The second-order valence-electron chi connectivity index (χ2n) is 5.26. The van der Waals surface area contributed by atoms with Gasteiger partial charge < -0.3 is 5.41 Å². The highest BCUT2D eigenvalue weighted by atomic mass is 14.4. The molecule has 1 nitrogen and oxygen atoms in total. The van der Waals surface area contributed by atoms with Crippen LogP contribution in [0.15, 0.2) is 12.1 Å². The summed E-state index contributed by atoms with van der Waals surface area (Å²) in [6, 6.07) is 0. The predicted octanol–water partition coefficient (Wildman–Crippen LogP) is 3.34. The third-order valence-corrected chi connectivity index (χ3v) is 3.09. The van der Waals surface area contributed by atoms with Gasteiger partial charge in [0.2, 0.25) is 0 Å². The van der Waals surface area contributed by atoms with E-state index < -0.39 is 0 Å². The molecule has 0 spiro atoms. The van der Waals surface area contributed by atoms with Crippen LogP contribution >= 0.6 is 0 Å². The van der Waals surface area contributed by atoms with Crippen LogP contribution in [-0.4, -0.2) is 13.5 Å². The van der Waals surface area contributed by atoms with E-state index in [2.05, 4.69) is 41.2 Å². The lowest BCUT2D eigenvalue weighted by Crippen LogP contribution is -2.30. The molecule has 0 rings (SSSR count). The van der Waals surface area contributed by atoms with Crippen molar-refractivity contribution in [1.82, 2.24) is 0 Å². The summed E-state index contributed by atoms with van der Waals surface area (Å²) in [5, 5.41) is 7.02. The van der Waals surface area contributed by atoms with Gasteiger partial charge in [-0.1, -0.05) is 46.4 Å². The van der Waals surface area contributed by atoms with Crippen molar-refractivity contribution in [3.63, 3.8) is 0 Å². The van der Waals surface area contributed by atoms with Gasteiger partial charge in [-0.25, -0.2) is 0 Å². The molecular weight excluding hydrogens is 157 g/mol. The van der Waals surface area contributed by atoms with E-state index >= 15 is 0 Å². The molecule has 0 bridgehead atoms. The highest BCUT2D eigenvalue weighted by molar-refractivity contribution is 6.51. The van der Waals surface area contributed by atoms with Crippen LogP contribution in [0.25, 0.3) is 0 Å². The minimum Gasteiger partial charge on any atom is -0.309 e. The van der Waals surface area contributed by atoms with Crippen molar-refractivity contribution < 1.29 is 0 Å². The van der Waals surface area contributed by atoms with Crippen LogP contribution < -0.4 is 0 Å². The van der Waals surface area contributed by atoms with E-state index in [1.54, 1.807) is 0 Å². The van der Waals surface area contributed by atoms with Crippen molar-refractivity contribution in [2.75, 3.05) is 0 Å². The molecule has 0 saturated carbocycles. The molecule has 0 aromatic rings.